The number of carbonyl (C=O) groups excluding carboxylic acids is 1. The van der Waals surface area contributed by atoms with E-state index in [0.717, 1.165) is 44.1 Å². The van der Waals surface area contributed by atoms with Gasteiger partial charge in [0, 0.05) is 12.0 Å². The van der Waals surface area contributed by atoms with Crippen LogP contribution in [0.3, 0.4) is 0 Å². The first-order valence-electron chi connectivity index (χ1n) is 9.34. The molecular formula is C19H28N2O3. The van der Waals surface area contributed by atoms with Crippen molar-refractivity contribution < 1.29 is 15.1 Å². The van der Waals surface area contributed by atoms with Crippen molar-refractivity contribution >= 4 is 11.6 Å². The van der Waals surface area contributed by atoms with Crippen LogP contribution in [0.4, 0.5) is 0 Å². The monoisotopic (exact) mass is 332 g/mol. The van der Waals surface area contributed by atoms with Crippen molar-refractivity contribution in [2.24, 2.45) is 28.3 Å². The van der Waals surface area contributed by atoms with Gasteiger partial charge >= 0.3 is 0 Å². The van der Waals surface area contributed by atoms with Gasteiger partial charge in [0.05, 0.1) is 0 Å². The number of allylic oxidation sites excluding steroid dienone is 2. The third kappa shape index (κ3) is 2.06. The van der Waals surface area contributed by atoms with Gasteiger partial charge in [-0.1, -0.05) is 12.1 Å². The molecule has 1 saturated heterocycles. The van der Waals surface area contributed by atoms with E-state index < -0.39 is 0 Å². The first kappa shape index (κ1) is 16.0. The molecule has 3 fully saturated rings. The third-order valence-corrected chi connectivity index (χ3v) is 7.73. The Labute approximate surface area is 143 Å². The summed E-state index contributed by atoms with van der Waals surface area (Å²) in [6, 6.07) is 0. The zero-order chi connectivity index (χ0) is 17.1. The Morgan fingerprint density at radius 1 is 1.08 bits per heavy atom. The fraction of sp³-hybridized carbons (Fsp3) is 0.789. The van der Waals surface area contributed by atoms with Gasteiger partial charge < -0.3 is 15.6 Å². The number of aliphatic hydroxyl groups excluding tert-OH is 1. The Kier molecular flexibility index (Phi) is 3.49. The normalized spacial score (nSPS) is 46.8. The van der Waals surface area contributed by atoms with E-state index in [1.165, 1.54) is 0 Å². The summed E-state index contributed by atoms with van der Waals surface area (Å²) in [5.74, 6) is 2.15. The Morgan fingerprint density at radius 2 is 1.88 bits per heavy atom. The molecule has 1 amide bonds. The number of amides is 1. The highest BCUT2D eigenvalue weighted by molar-refractivity contribution is 5.99. The molecule has 5 atom stereocenters. The number of piperidine rings is 1. The third-order valence-electron chi connectivity index (χ3n) is 7.73. The summed E-state index contributed by atoms with van der Waals surface area (Å²) in [5.41, 5.74) is 1.50. The molecule has 3 N–H and O–H groups in total. The molecule has 2 saturated carbocycles. The van der Waals surface area contributed by atoms with Gasteiger partial charge in [-0.3, -0.25) is 4.79 Å². The van der Waals surface area contributed by atoms with E-state index in [2.05, 4.69) is 24.3 Å². The van der Waals surface area contributed by atoms with Gasteiger partial charge in [-0.05, 0) is 80.6 Å². The molecule has 24 heavy (non-hydrogen) atoms. The van der Waals surface area contributed by atoms with Gasteiger partial charge in [-0.15, -0.1) is 0 Å². The summed E-state index contributed by atoms with van der Waals surface area (Å²) in [5, 5.41) is 26.3. The minimum Gasteiger partial charge on any atom is -0.506 e. The first-order chi connectivity index (χ1) is 11.4. The lowest BCUT2D eigenvalue weighted by Gasteiger charge is -2.60. The fourth-order valence-corrected chi connectivity index (χ4v) is 6.47. The maximum absolute atomic E-state index is 11.9. The van der Waals surface area contributed by atoms with Gasteiger partial charge in [-0.2, -0.15) is 0 Å². The number of aliphatic hydroxyl groups is 1. The van der Waals surface area contributed by atoms with Gasteiger partial charge in [-0.25, -0.2) is 0 Å². The summed E-state index contributed by atoms with van der Waals surface area (Å²) >= 11 is 0. The van der Waals surface area contributed by atoms with Gasteiger partial charge in [0.2, 0.25) is 5.91 Å². The van der Waals surface area contributed by atoms with Crippen LogP contribution >= 0.6 is 0 Å². The molecular weight excluding hydrogens is 304 g/mol. The number of nitrogens with one attached hydrogen (secondary N) is 1. The molecule has 5 heteroatoms. The molecule has 0 aromatic rings. The highest BCUT2D eigenvalue weighted by Gasteiger charge is 2.57. The average molecular weight is 332 g/mol. The first-order valence-corrected chi connectivity index (χ1v) is 9.34. The number of nitrogens with zero attached hydrogens (tertiary/aromatic N) is 1. The Balaban J connectivity index is 1.69. The zero-order valence-electron chi connectivity index (χ0n) is 14.6. The maximum Gasteiger partial charge on any atom is 0.220 e. The van der Waals surface area contributed by atoms with Gasteiger partial charge in [0.25, 0.3) is 0 Å². The molecule has 4 aliphatic rings. The summed E-state index contributed by atoms with van der Waals surface area (Å²) < 4.78 is 0. The second-order valence-corrected chi connectivity index (χ2v) is 8.75. The summed E-state index contributed by atoms with van der Waals surface area (Å²) in [6.07, 6.45) is 7.29. The number of hydrogen-bond acceptors (Lipinski definition) is 4. The predicted octanol–water partition coefficient (Wildman–Crippen LogP) is 3.53. The van der Waals surface area contributed by atoms with Crippen LogP contribution < -0.4 is 5.32 Å². The maximum atomic E-state index is 11.9. The summed E-state index contributed by atoms with van der Waals surface area (Å²) in [4.78, 5) is 11.9. The van der Waals surface area contributed by atoms with E-state index in [1.54, 1.807) is 0 Å². The van der Waals surface area contributed by atoms with Crippen molar-refractivity contribution in [3.8, 4) is 0 Å². The SMILES string of the molecule is CC12CCC3C(CCC4=C(O)/C(=N/O)CCC43C)C1CCC(=O)N2. The van der Waals surface area contributed by atoms with Crippen molar-refractivity contribution in [3.63, 3.8) is 0 Å². The molecule has 0 aromatic heterocycles. The number of rotatable bonds is 0. The zero-order valence-corrected chi connectivity index (χ0v) is 14.6. The Bertz CT molecular complexity index is 641. The molecule has 1 heterocycles. The van der Waals surface area contributed by atoms with Crippen LogP contribution in [-0.2, 0) is 4.79 Å². The van der Waals surface area contributed by atoms with E-state index in [1.807, 2.05) is 0 Å². The van der Waals surface area contributed by atoms with Crippen molar-refractivity contribution in [1.29, 1.82) is 0 Å². The Morgan fingerprint density at radius 3 is 2.62 bits per heavy atom. The van der Waals surface area contributed by atoms with E-state index in [4.69, 9.17) is 5.21 Å². The quantitative estimate of drug-likeness (QED) is 0.469. The smallest absolute Gasteiger partial charge is 0.220 e. The van der Waals surface area contributed by atoms with Crippen molar-refractivity contribution in [3.05, 3.63) is 11.3 Å². The Hall–Kier alpha value is -1.52. The molecule has 0 aromatic carbocycles. The summed E-state index contributed by atoms with van der Waals surface area (Å²) in [7, 11) is 0. The number of fused-ring (bicyclic) bond motifs is 5. The van der Waals surface area contributed by atoms with Crippen LogP contribution in [0.5, 0.6) is 0 Å². The molecule has 5 nitrogen and oxygen atoms in total. The number of carbonyl (C=O) groups is 1. The van der Waals surface area contributed by atoms with E-state index in [9.17, 15) is 9.90 Å². The molecule has 4 rings (SSSR count). The highest BCUT2D eigenvalue weighted by atomic mass is 16.4. The topological polar surface area (TPSA) is 81.9 Å². The standard InChI is InChI=1S/C19H28N2O3/c1-18-9-8-15(21-24)17(23)14(18)4-3-11-12(18)7-10-19(2)13(11)5-6-16(22)20-19/h11-13,23-24H,3-10H2,1-2H3,(H,20,22)/b21-15+. The van der Waals surface area contributed by atoms with Crippen LogP contribution in [0.2, 0.25) is 0 Å². The second-order valence-electron chi connectivity index (χ2n) is 8.75. The highest BCUT2D eigenvalue weighted by Crippen LogP contribution is 2.61. The van der Waals surface area contributed by atoms with E-state index >= 15 is 0 Å². The van der Waals surface area contributed by atoms with Crippen molar-refractivity contribution in [2.75, 3.05) is 0 Å². The van der Waals surface area contributed by atoms with Crippen LogP contribution in [0, 0.1) is 23.2 Å². The molecule has 0 radical (unpaired) electrons. The number of oxime groups is 1. The lowest BCUT2D eigenvalue weighted by Crippen LogP contribution is -2.62. The lowest BCUT2D eigenvalue weighted by atomic mass is 9.47. The van der Waals surface area contributed by atoms with E-state index in [0.29, 0.717) is 36.3 Å². The largest absolute Gasteiger partial charge is 0.506 e. The van der Waals surface area contributed by atoms with Crippen molar-refractivity contribution in [1.82, 2.24) is 5.32 Å². The van der Waals surface area contributed by atoms with Gasteiger partial charge in [0.15, 0.2) is 0 Å². The van der Waals surface area contributed by atoms with Gasteiger partial charge in [0.1, 0.15) is 11.5 Å². The minimum absolute atomic E-state index is 0.00394. The molecule has 0 spiro atoms. The van der Waals surface area contributed by atoms with Crippen LogP contribution in [-0.4, -0.2) is 27.5 Å². The molecule has 3 aliphatic carbocycles. The van der Waals surface area contributed by atoms with Crippen molar-refractivity contribution in [2.45, 2.75) is 70.8 Å². The molecule has 1 aliphatic heterocycles. The van der Waals surface area contributed by atoms with Crippen LogP contribution in [0.15, 0.2) is 16.5 Å². The predicted molar refractivity (Wildman–Crippen MR) is 90.9 cm³/mol. The molecule has 0 bridgehead atoms. The summed E-state index contributed by atoms with van der Waals surface area (Å²) in [6.45, 7) is 4.53. The fourth-order valence-electron chi connectivity index (χ4n) is 6.47. The lowest BCUT2D eigenvalue weighted by molar-refractivity contribution is -0.132. The second kappa shape index (κ2) is 5.24. The van der Waals surface area contributed by atoms with Crippen LogP contribution in [0.1, 0.15) is 65.2 Å². The molecule has 5 unspecified atom stereocenters. The van der Waals surface area contributed by atoms with E-state index in [-0.39, 0.29) is 22.6 Å². The van der Waals surface area contributed by atoms with Crippen LogP contribution in [0.25, 0.3) is 0 Å². The number of hydrogen-bond donors (Lipinski definition) is 3. The average Bonchev–Trinajstić information content (AvgIpc) is 2.53. The molecule has 132 valence electrons. The minimum atomic E-state index is -0.0531.